The van der Waals surface area contributed by atoms with Gasteiger partial charge < -0.3 is 4.42 Å². The van der Waals surface area contributed by atoms with E-state index in [2.05, 4.69) is 346 Å². The monoisotopic (exact) mass is 1940 g/mol. The van der Waals surface area contributed by atoms with Gasteiger partial charge in [-0.3, -0.25) is 0 Å². The van der Waals surface area contributed by atoms with Crippen molar-refractivity contribution < 1.29 is 4.42 Å². The fourth-order valence-corrected chi connectivity index (χ4v) is 23.5. The molecule has 149 heavy (non-hydrogen) atoms. The number of nitrogens with zero attached hydrogens (tertiary/aromatic N) is 9. The van der Waals surface area contributed by atoms with Gasteiger partial charge in [-0.15, -0.1) is 22.7 Å². The molecule has 29 aromatic rings. The fraction of sp³-hybridized carbons (Fsp3) is 0. The van der Waals surface area contributed by atoms with E-state index < -0.39 is 0 Å². The highest BCUT2D eigenvalue weighted by molar-refractivity contribution is 7.27. The van der Waals surface area contributed by atoms with Crippen molar-refractivity contribution in [1.82, 2.24) is 44.9 Å². The molecule has 0 saturated heterocycles. The van der Waals surface area contributed by atoms with E-state index in [1.807, 2.05) is 170 Å². The zero-order valence-corrected chi connectivity index (χ0v) is 82.0. The van der Waals surface area contributed by atoms with Crippen LogP contribution < -0.4 is 0 Å². The minimum atomic E-state index is 0.567. The lowest BCUT2D eigenvalue weighted by Crippen LogP contribution is -2.00. The van der Waals surface area contributed by atoms with E-state index in [0.29, 0.717) is 52.4 Å². The Morgan fingerprint density at radius 1 is 0.141 bits per heavy atom. The number of hydrogen-bond acceptors (Lipinski definition) is 12. The van der Waals surface area contributed by atoms with Crippen molar-refractivity contribution in [1.29, 1.82) is 0 Å². The van der Waals surface area contributed by atoms with Gasteiger partial charge in [-0.05, 0) is 169 Å². The van der Waals surface area contributed by atoms with Crippen LogP contribution in [0.25, 0.3) is 285 Å². The van der Waals surface area contributed by atoms with E-state index in [1.54, 1.807) is 22.7 Å². The molecule has 0 radical (unpaired) electrons. The second kappa shape index (κ2) is 38.4. The Bertz CT molecular complexity index is 9620. The Hall–Kier alpha value is -19.4. The number of aromatic nitrogens is 9. The summed E-state index contributed by atoms with van der Waals surface area (Å²) in [5.41, 5.74) is 24.4. The zero-order chi connectivity index (χ0) is 98.6. The average Bonchev–Trinajstić information content (AvgIpc) is 1.63. The molecule has 0 saturated carbocycles. The molecule has 0 aliphatic heterocycles. The first-order valence-corrected chi connectivity index (χ1v) is 51.6. The summed E-state index contributed by atoms with van der Waals surface area (Å²) in [4.78, 5) is 45.2. The summed E-state index contributed by atoms with van der Waals surface area (Å²) in [5.74, 6) is 5.79. The van der Waals surface area contributed by atoms with Crippen molar-refractivity contribution >= 4 is 139 Å². The van der Waals surface area contributed by atoms with Gasteiger partial charge in [-0.1, -0.05) is 467 Å². The highest BCUT2D eigenvalue weighted by Gasteiger charge is 2.27. The summed E-state index contributed by atoms with van der Waals surface area (Å²) in [6.07, 6.45) is 0. The van der Waals surface area contributed by atoms with E-state index in [4.69, 9.17) is 49.3 Å². The van der Waals surface area contributed by atoms with Crippen molar-refractivity contribution in [3.63, 3.8) is 0 Å². The van der Waals surface area contributed by atoms with Crippen molar-refractivity contribution in [3.05, 3.63) is 516 Å². The summed E-state index contributed by atoms with van der Waals surface area (Å²) in [6.45, 7) is 0. The zero-order valence-electron chi connectivity index (χ0n) is 80.3. The molecule has 10 nitrogen and oxygen atoms in total. The molecule has 0 atom stereocenters. The molecule has 23 aromatic carbocycles. The number of thiophene rings is 2. The normalized spacial score (nSPS) is 11.5. The van der Waals surface area contributed by atoms with Crippen LogP contribution in [0.15, 0.2) is 520 Å². The van der Waals surface area contributed by atoms with Crippen molar-refractivity contribution in [3.8, 4) is 169 Å². The van der Waals surface area contributed by atoms with E-state index in [9.17, 15) is 0 Å². The molecule has 0 unspecified atom stereocenters. The molecule has 6 aromatic heterocycles. The maximum Gasteiger partial charge on any atom is 0.167 e. The lowest BCUT2D eigenvalue weighted by atomic mass is 9.91. The summed E-state index contributed by atoms with van der Waals surface area (Å²) >= 11 is 3.59. The van der Waals surface area contributed by atoms with Crippen LogP contribution in [-0.2, 0) is 0 Å². The molecule has 0 fully saturated rings. The Morgan fingerprint density at radius 2 is 0.396 bits per heavy atom. The van der Waals surface area contributed by atoms with Crippen LogP contribution in [0.2, 0.25) is 0 Å². The summed E-state index contributed by atoms with van der Waals surface area (Å²) in [6, 6.07) is 181. The van der Waals surface area contributed by atoms with Crippen LogP contribution in [0.5, 0.6) is 0 Å². The average molecular weight is 1940 g/mol. The van der Waals surface area contributed by atoms with Crippen molar-refractivity contribution in [2.75, 3.05) is 0 Å². The molecule has 0 spiro atoms. The lowest BCUT2D eigenvalue weighted by molar-refractivity contribution is 0.669. The van der Waals surface area contributed by atoms with E-state index in [1.165, 1.54) is 150 Å². The number of fused-ring (bicyclic) bond motifs is 16. The largest absolute Gasteiger partial charge is 0.455 e. The van der Waals surface area contributed by atoms with Crippen LogP contribution in [0, 0.1) is 0 Å². The summed E-state index contributed by atoms with van der Waals surface area (Å²) in [5, 5.41) is 19.6. The van der Waals surface area contributed by atoms with Gasteiger partial charge >= 0.3 is 0 Å². The highest BCUT2D eigenvalue weighted by Crippen LogP contribution is 2.51. The molecule has 0 N–H and O–H groups in total. The molecule has 12 heteroatoms. The Kier molecular flexibility index (Phi) is 22.8. The Balaban J connectivity index is 0.000000110. The second-order valence-electron chi connectivity index (χ2n) is 37.1. The predicted octanol–water partition coefficient (Wildman–Crippen LogP) is 37.0. The molecule has 0 bridgehead atoms. The van der Waals surface area contributed by atoms with E-state index in [0.717, 1.165) is 83.1 Å². The van der Waals surface area contributed by atoms with Gasteiger partial charge in [-0.2, -0.15) is 0 Å². The van der Waals surface area contributed by atoms with Crippen LogP contribution in [0.1, 0.15) is 0 Å². The number of rotatable bonds is 15. The number of para-hydroxylation sites is 1. The first-order valence-electron chi connectivity index (χ1n) is 49.9. The molecule has 0 aliphatic carbocycles. The highest BCUT2D eigenvalue weighted by atomic mass is 32.1. The van der Waals surface area contributed by atoms with Gasteiger partial charge in [0, 0.05) is 95.6 Å². The quantitative estimate of drug-likeness (QED) is 0.0915. The molecule has 29 rings (SSSR count). The topological polar surface area (TPSA) is 129 Å². The molecule has 6 heterocycles. The van der Waals surface area contributed by atoms with Gasteiger partial charge in [0.2, 0.25) is 0 Å². The first-order chi connectivity index (χ1) is 73.9. The van der Waals surface area contributed by atoms with Crippen LogP contribution >= 0.6 is 22.7 Å². The molecule has 0 amide bonds. The third kappa shape index (κ3) is 16.7. The maximum atomic E-state index is 6.67. The minimum Gasteiger partial charge on any atom is -0.455 e. The van der Waals surface area contributed by atoms with Crippen LogP contribution in [0.4, 0.5) is 0 Å². The van der Waals surface area contributed by atoms with E-state index in [-0.39, 0.29) is 0 Å². The summed E-state index contributed by atoms with van der Waals surface area (Å²) < 4.78 is 11.5. The Morgan fingerprint density at radius 3 is 0.772 bits per heavy atom. The standard InChI is InChI=1S/C47H29N3O.C47H29N3S.C43H27N3S/c2*1-3-13-32(14-4-1)45-48-46(33-15-5-2-6-16-33)50-47(49-45)40-28-27-36(43-39-21-11-12-22-42(39)51-44(40)43)30-23-25-31(26-24-30)41-29-34-17-7-8-18-35(34)37-19-9-10-20-38(37)41;1-3-13-31(14-4-1)41-44-42(32-15-5-2-6-16-32)46-43(45-41)37-27-26-35(39-36-19-9-10-21-38(36)47-40(37)39)30-24-22-29(23-25-30)34-20-11-17-28-12-7-8-18-33(28)34/h2*1-29H;1-27H. The maximum absolute atomic E-state index is 6.67. The summed E-state index contributed by atoms with van der Waals surface area (Å²) in [7, 11) is 0. The number of furan rings is 1. The number of hydrogen-bond donors (Lipinski definition) is 0. The SMILES string of the molecule is c1ccc(-c2nc(-c3ccccc3)nc(-c3ccc(-c4ccc(-c5cc6ccccc6c6ccccc56)cc4)c4c3oc3ccccc34)n2)cc1.c1ccc(-c2nc(-c3ccccc3)nc(-c3ccc(-c4ccc(-c5cc6ccccc6c6ccccc56)cc4)c4c3sc3ccccc34)n2)cc1.c1ccc(-c2nc(-c3ccccc3)nc(-c3ccc(-c4ccc(-c5cccc6ccccc56)cc4)c4c3sc3ccccc34)n2)cc1. The van der Waals surface area contributed by atoms with Gasteiger partial charge in [0.05, 0.1) is 5.56 Å². The first kappa shape index (κ1) is 88.6. The third-order valence-electron chi connectivity index (χ3n) is 28.2. The molecular formula is C137H85N9OS2. The molecule has 0 aliphatic rings. The van der Waals surface area contributed by atoms with Gasteiger partial charge in [-0.25, -0.2) is 44.9 Å². The fourth-order valence-electron chi connectivity index (χ4n) is 21.1. The number of benzene rings is 23. The lowest BCUT2D eigenvalue weighted by Gasteiger charge is -2.13. The molecular weight excluding hydrogens is 1850 g/mol. The predicted molar refractivity (Wildman–Crippen MR) is 622 cm³/mol. The van der Waals surface area contributed by atoms with Crippen molar-refractivity contribution in [2.24, 2.45) is 0 Å². The third-order valence-corrected chi connectivity index (χ3v) is 30.7. The van der Waals surface area contributed by atoms with Crippen LogP contribution in [-0.4, -0.2) is 44.9 Å². The Labute approximate surface area is 866 Å². The van der Waals surface area contributed by atoms with Crippen molar-refractivity contribution in [2.45, 2.75) is 0 Å². The van der Waals surface area contributed by atoms with E-state index >= 15 is 0 Å². The minimum absolute atomic E-state index is 0.567. The second-order valence-corrected chi connectivity index (χ2v) is 39.2. The van der Waals surface area contributed by atoms with Gasteiger partial charge in [0.1, 0.15) is 11.2 Å². The smallest absolute Gasteiger partial charge is 0.167 e. The van der Waals surface area contributed by atoms with Gasteiger partial charge in [0.25, 0.3) is 0 Å². The molecule has 696 valence electrons. The van der Waals surface area contributed by atoms with Gasteiger partial charge in [0.15, 0.2) is 52.4 Å². The van der Waals surface area contributed by atoms with Crippen LogP contribution in [0.3, 0.4) is 0 Å².